The van der Waals surface area contributed by atoms with E-state index in [0.29, 0.717) is 43.4 Å². The molecule has 0 saturated heterocycles. The third-order valence-corrected chi connectivity index (χ3v) is 8.10. The zero-order chi connectivity index (χ0) is 31.3. The summed E-state index contributed by atoms with van der Waals surface area (Å²) in [6, 6.07) is 36.7. The van der Waals surface area contributed by atoms with E-state index in [9.17, 15) is 19.5 Å². The molecule has 0 bridgehead atoms. The van der Waals surface area contributed by atoms with Crippen LogP contribution in [0.2, 0.25) is 0 Å². The van der Waals surface area contributed by atoms with E-state index in [-0.39, 0.29) is 68.3 Å². The van der Waals surface area contributed by atoms with Crippen LogP contribution in [0.1, 0.15) is 76.4 Å². The van der Waals surface area contributed by atoms with Crippen LogP contribution in [0.5, 0.6) is 0 Å². The van der Waals surface area contributed by atoms with Crippen molar-refractivity contribution in [3.8, 4) is 0 Å². The fourth-order valence-corrected chi connectivity index (χ4v) is 5.56. The first-order valence-corrected chi connectivity index (χ1v) is 15.4. The van der Waals surface area contributed by atoms with Crippen LogP contribution in [0.3, 0.4) is 0 Å². The first-order valence-electron chi connectivity index (χ1n) is 15.4. The van der Waals surface area contributed by atoms with Crippen molar-refractivity contribution in [1.29, 1.82) is 0 Å². The van der Waals surface area contributed by atoms with Crippen LogP contribution in [-0.2, 0) is 50.3 Å². The Labute approximate surface area is 292 Å². The van der Waals surface area contributed by atoms with Crippen LogP contribution in [-0.4, -0.2) is 41.1 Å². The van der Waals surface area contributed by atoms with Crippen molar-refractivity contribution in [3.05, 3.63) is 143 Å². The molecule has 4 aromatic rings. The van der Waals surface area contributed by atoms with Gasteiger partial charge in [0.15, 0.2) is 17.3 Å². The van der Waals surface area contributed by atoms with Gasteiger partial charge in [0.2, 0.25) is 0 Å². The molecule has 0 spiro atoms. The summed E-state index contributed by atoms with van der Waals surface area (Å²) >= 11 is 0. The minimum Gasteiger partial charge on any atom is -0.391 e. The molecule has 6 heteroatoms. The molecule has 4 rings (SSSR count). The number of nitrogens with one attached hydrogen (secondary N) is 1. The Morgan fingerprint density at radius 1 is 0.778 bits per heavy atom. The molecule has 0 aromatic heterocycles. The van der Waals surface area contributed by atoms with Crippen molar-refractivity contribution >= 4 is 17.3 Å². The van der Waals surface area contributed by atoms with Gasteiger partial charge in [-0.1, -0.05) is 92.2 Å². The molecule has 0 aliphatic heterocycles. The van der Waals surface area contributed by atoms with E-state index >= 15 is 0 Å². The van der Waals surface area contributed by atoms with Crippen LogP contribution < -0.4 is 5.32 Å². The molecule has 4 aromatic carbocycles. The molecule has 2 N–H and O–H groups in total. The number of rotatable bonds is 17. The van der Waals surface area contributed by atoms with E-state index in [1.54, 1.807) is 31.2 Å². The summed E-state index contributed by atoms with van der Waals surface area (Å²) in [6.45, 7) is 4.04. The van der Waals surface area contributed by atoms with Gasteiger partial charge >= 0.3 is 0 Å². The summed E-state index contributed by atoms with van der Waals surface area (Å²) < 4.78 is 0. The molecule has 0 aliphatic rings. The van der Waals surface area contributed by atoms with Gasteiger partial charge in [-0.05, 0) is 48.9 Å². The Balaban J connectivity index is 0.00000552. The summed E-state index contributed by atoms with van der Waals surface area (Å²) in [5, 5.41) is 13.8. The van der Waals surface area contributed by atoms with Gasteiger partial charge in [0.05, 0.1) is 12.1 Å². The molecule has 45 heavy (non-hydrogen) atoms. The standard InChI is InChI=1S/C39H42NO4.Y/c1-28(33-17-10-5-11-18-33)23-37(43)34-19-12-20-35(26-34)38(44)25-32(24-31-15-8-4-9-16-31)27-40-39(29(2)41)36(42)22-21-30-13-6-3-7-14-30;/h3-6,8-20,26,28-29,32,39-41H,21-25,27H2,1-2H3;/q-1;. The Hall–Kier alpha value is -3.09. The average molecular weight is 678 g/mol. The van der Waals surface area contributed by atoms with Crippen molar-refractivity contribution < 1.29 is 52.2 Å². The van der Waals surface area contributed by atoms with Crippen molar-refractivity contribution in [1.82, 2.24) is 5.32 Å². The zero-order valence-electron chi connectivity index (χ0n) is 26.2. The minimum atomic E-state index is -0.876. The molecular weight excluding hydrogens is 635 g/mol. The molecule has 5 nitrogen and oxygen atoms in total. The molecular formula is C39H42NO4Y-. The first-order chi connectivity index (χ1) is 21.3. The van der Waals surface area contributed by atoms with Crippen molar-refractivity contribution in [3.63, 3.8) is 0 Å². The maximum Gasteiger partial charge on any atom is 0.163 e. The van der Waals surface area contributed by atoms with Gasteiger partial charge < -0.3 is 10.4 Å². The number of hydrogen-bond donors (Lipinski definition) is 2. The van der Waals surface area contributed by atoms with Crippen LogP contribution in [0.15, 0.2) is 109 Å². The number of aryl methyl sites for hydroxylation is 1. The number of Topliss-reactive ketones (excluding diaryl/α,β-unsaturated/α-hetero) is 3. The van der Waals surface area contributed by atoms with Gasteiger partial charge in [-0.3, -0.25) is 14.4 Å². The Morgan fingerprint density at radius 2 is 1.40 bits per heavy atom. The topological polar surface area (TPSA) is 83.5 Å². The fraction of sp³-hybridized carbons (Fsp3) is 0.308. The summed E-state index contributed by atoms with van der Waals surface area (Å²) in [7, 11) is 0. The molecule has 0 aliphatic carbocycles. The van der Waals surface area contributed by atoms with Crippen molar-refractivity contribution in [2.75, 3.05) is 6.54 Å². The fourth-order valence-electron chi connectivity index (χ4n) is 5.56. The second-order valence-electron chi connectivity index (χ2n) is 11.7. The van der Waals surface area contributed by atoms with Gasteiger partial charge in [0, 0.05) is 63.1 Å². The van der Waals surface area contributed by atoms with E-state index in [2.05, 4.69) is 11.4 Å². The summed E-state index contributed by atoms with van der Waals surface area (Å²) in [5.74, 6) is -0.173. The summed E-state index contributed by atoms with van der Waals surface area (Å²) in [4.78, 5) is 39.8. The molecule has 1 radical (unpaired) electrons. The van der Waals surface area contributed by atoms with E-state index in [4.69, 9.17) is 0 Å². The van der Waals surface area contributed by atoms with Crippen LogP contribution >= 0.6 is 0 Å². The minimum absolute atomic E-state index is 0. The van der Waals surface area contributed by atoms with Gasteiger partial charge in [0.25, 0.3) is 0 Å². The SMILES string of the molecule is CC(CC(=O)c1cccc(C(=O)CC(CNC(C(=O)CCc2c[c-]ccc2)C(C)O)Cc2ccccc2)c1)c1ccccc1.[Y]. The van der Waals surface area contributed by atoms with Gasteiger partial charge in [0.1, 0.15) is 0 Å². The number of carbonyl (C=O) groups is 3. The van der Waals surface area contributed by atoms with E-state index < -0.39 is 12.1 Å². The zero-order valence-corrected chi connectivity index (χ0v) is 29.0. The van der Waals surface area contributed by atoms with E-state index in [1.165, 1.54) is 0 Å². The maximum absolute atomic E-state index is 13.6. The number of ketones is 3. The maximum atomic E-state index is 13.6. The average Bonchev–Trinajstić information content (AvgIpc) is 3.05. The third-order valence-electron chi connectivity index (χ3n) is 8.10. The van der Waals surface area contributed by atoms with Gasteiger partial charge in [-0.2, -0.15) is 35.9 Å². The third kappa shape index (κ3) is 11.7. The van der Waals surface area contributed by atoms with Crippen LogP contribution in [0.25, 0.3) is 0 Å². The molecule has 4 unspecified atom stereocenters. The number of carbonyl (C=O) groups excluding carboxylic acids is 3. The molecule has 231 valence electrons. The molecule has 0 saturated carbocycles. The van der Waals surface area contributed by atoms with Gasteiger partial charge in [-0.25, -0.2) is 0 Å². The molecule has 0 heterocycles. The normalized spacial score (nSPS) is 13.6. The van der Waals surface area contributed by atoms with Crippen molar-refractivity contribution in [2.45, 2.75) is 64.0 Å². The Morgan fingerprint density at radius 3 is 2.02 bits per heavy atom. The summed E-state index contributed by atoms with van der Waals surface area (Å²) in [6.07, 6.45) is 1.23. The first kappa shape index (κ1) is 36.4. The van der Waals surface area contributed by atoms with Crippen LogP contribution in [0.4, 0.5) is 0 Å². The van der Waals surface area contributed by atoms with Crippen LogP contribution in [0, 0.1) is 12.0 Å². The number of aliphatic hydroxyl groups is 1. The van der Waals surface area contributed by atoms with E-state index in [0.717, 1.165) is 16.7 Å². The molecule has 0 fully saturated rings. The number of benzene rings is 4. The van der Waals surface area contributed by atoms with E-state index in [1.807, 2.05) is 91.9 Å². The second-order valence-corrected chi connectivity index (χ2v) is 11.7. The Kier molecular flexibility index (Phi) is 15.2. The largest absolute Gasteiger partial charge is 0.391 e. The smallest absolute Gasteiger partial charge is 0.163 e. The number of aliphatic hydroxyl groups excluding tert-OH is 1. The molecule has 0 amide bonds. The monoisotopic (exact) mass is 677 g/mol. The molecule has 4 atom stereocenters. The van der Waals surface area contributed by atoms with Gasteiger partial charge in [-0.15, -0.1) is 0 Å². The Bertz CT molecular complexity index is 1490. The second kappa shape index (κ2) is 18.8. The quantitative estimate of drug-likeness (QED) is 0.0946. The summed E-state index contributed by atoms with van der Waals surface area (Å²) in [5.41, 5.74) is 4.26. The van der Waals surface area contributed by atoms with Crippen molar-refractivity contribution in [2.24, 2.45) is 5.92 Å². The predicted octanol–water partition coefficient (Wildman–Crippen LogP) is 6.83. The number of hydrogen-bond acceptors (Lipinski definition) is 5. The predicted molar refractivity (Wildman–Crippen MR) is 175 cm³/mol.